The van der Waals surface area contributed by atoms with Crippen LogP contribution in [0.15, 0.2) is 105 Å². The highest BCUT2D eigenvalue weighted by atomic mass is 32.1. The Hall–Kier alpha value is -4.74. The molecule has 5 aromatic carbocycles. The number of hydrogen-bond donors (Lipinski definition) is 0. The van der Waals surface area contributed by atoms with Gasteiger partial charge in [-0.15, -0.1) is 11.3 Å². The van der Waals surface area contributed by atoms with E-state index in [-0.39, 0.29) is 10.9 Å². The van der Waals surface area contributed by atoms with E-state index in [0.29, 0.717) is 27.1 Å². The van der Waals surface area contributed by atoms with E-state index >= 15 is 0 Å². The molecular weight excluding hydrogens is 478 g/mol. The second-order valence-corrected chi connectivity index (χ2v) is 10.6. The van der Waals surface area contributed by atoms with Crippen molar-refractivity contribution in [3.05, 3.63) is 111 Å². The second kappa shape index (κ2) is 6.52. The number of pyridine rings is 2. The van der Waals surface area contributed by atoms with E-state index in [2.05, 4.69) is 22.6 Å². The average molecular weight is 494 g/mol. The number of benzene rings is 5. The molecule has 4 aromatic heterocycles. The lowest BCUT2D eigenvalue weighted by Crippen LogP contribution is -2.14. The molecule has 0 fully saturated rings. The number of hydrogen-bond acceptors (Lipinski definition) is 4. The number of thiophene rings is 1. The summed E-state index contributed by atoms with van der Waals surface area (Å²) in [5.74, 6) is 0. The summed E-state index contributed by atoms with van der Waals surface area (Å²) in [5.41, 5.74) is 3.67. The molecule has 4 nitrogen and oxygen atoms in total. The first-order chi connectivity index (χ1) is 18.2. The Kier molecular flexibility index (Phi) is 3.43. The van der Waals surface area contributed by atoms with Gasteiger partial charge >= 0.3 is 0 Å². The predicted octanol–water partition coefficient (Wildman–Crippen LogP) is 7.82. The molecule has 9 aromatic rings. The van der Waals surface area contributed by atoms with Gasteiger partial charge in [0.1, 0.15) is 11.2 Å². The molecule has 0 amide bonds. The van der Waals surface area contributed by atoms with Crippen LogP contribution < -0.4 is 10.9 Å². The molecule has 0 unspecified atom stereocenters. The first-order valence-electron chi connectivity index (χ1n) is 12.1. The van der Waals surface area contributed by atoms with Gasteiger partial charge in [0, 0.05) is 37.0 Å². The highest BCUT2D eigenvalue weighted by Gasteiger charge is 2.25. The van der Waals surface area contributed by atoms with Gasteiger partial charge in [-0.2, -0.15) is 0 Å². The maximum atomic E-state index is 14.4. The summed E-state index contributed by atoms with van der Waals surface area (Å²) in [5, 5.41) is 6.31. The fourth-order valence-electron chi connectivity index (χ4n) is 6.21. The number of para-hydroxylation sites is 3. The third-order valence-corrected chi connectivity index (χ3v) is 8.90. The SMILES string of the molecule is O=c1c2ccccc2n2c3c1cccc3c(=O)c1c3sc4ccccc4c3c3oc4ccccc4c3c12. The number of furan rings is 1. The van der Waals surface area contributed by atoms with Gasteiger partial charge in [0.25, 0.3) is 0 Å². The van der Waals surface area contributed by atoms with E-state index in [1.165, 1.54) is 0 Å². The quantitative estimate of drug-likeness (QED) is 0.160. The molecule has 9 rings (SSSR count). The molecule has 0 saturated heterocycles. The third-order valence-electron chi connectivity index (χ3n) is 7.71. The summed E-state index contributed by atoms with van der Waals surface area (Å²) in [6, 6.07) is 29.4. The van der Waals surface area contributed by atoms with Crippen LogP contribution in [0.25, 0.3) is 80.2 Å². The van der Waals surface area contributed by atoms with Crippen LogP contribution in [0, 0.1) is 0 Å². The van der Waals surface area contributed by atoms with Gasteiger partial charge in [0.2, 0.25) is 0 Å². The lowest BCUT2D eigenvalue weighted by Gasteiger charge is -2.15. The summed E-state index contributed by atoms with van der Waals surface area (Å²) in [6.45, 7) is 0. The summed E-state index contributed by atoms with van der Waals surface area (Å²) in [7, 11) is 0. The molecule has 0 saturated carbocycles. The maximum absolute atomic E-state index is 14.4. The van der Waals surface area contributed by atoms with Gasteiger partial charge in [0.05, 0.1) is 32.0 Å². The van der Waals surface area contributed by atoms with E-state index in [4.69, 9.17) is 4.42 Å². The van der Waals surface area contributed by atoms with Crippen LogP contribution >= 0.6 is 11.3 Å². The number of aromatic nitrogens is 1. The Morgan fingerprint density at radius 2 is 1.24 bits per heavy atom. The van der Waals surface area contributed by atoms with Crippen molar-refractivity contribution in [1.29, 1.82) is 0 Å². The third kappa shape index (κ3) is 2.20. The zero-order chi connectivity index (χ0) is 24.4. The van der Waals surface area contributed by atoms with E-state index < -0.39 is 0 Å². The van der Waals surface area contributed by atoms with Gasteiger partial charge in [-0.25, -0.2) is 0 Å². The summed E-state index contributed by atoms with van der Waals surface area (Å²) < 4.78 is 10.7. The molecule has 0 radical (unpaired) electrons. The van der Waals surface area contributed by atoms with E-state index in [1.807, 2.05) is 72.8 Å². The van der Waals surface area contributed by atoms with Crippen molar-refractivity contribution in [3.63, 3.8) is 0 Å². The molecule has 4 heterocycles. The molecule has 0 aliphatic heterocycles. The first-order valence-corrected chi connectivity index (χ1v) is 12.9. The van der Waals surface area contributed by atoms with E-state index in [1.54, 1.807) is 11.3 Å². The van der Waals surface area contributed by atoms with Gasteiger partial charge in [-0.3, -0.25) is 9.59 Å². The molecule has 0 N–H and O–H groups in total. The zero-order valence-electron chi connectivity index (χ0n) is 19.2. The minimum absolute atomic E-state index is 0.0565. The van der Waals surface area contributed by atoms with Crippen LogP contribution in [0.2, 0.25) is 0 Å². The van der Waals surface area contributed by atoms with Gasteiger partial charge < -0.3 is 8.82 Å². The van der Waals surface area contributed by atoms with E-state index in [0.717, 1.165) is 53.1 Å². The zero-order valence-corrected chi connectivity index (χ0v) is 20.1. The second-order valence-electron chi connectivity index (χ2n) is 9.54. The molecular formula is C32H15NO3S. The summed E-state index contributed by atoms with van der Waals surface area (Å²) in [6.07, 6.45) is 0. The largest absolute Gasteiger partial charge is 0.455 e. The van der Waals surface area contributed by atoms with Crippen molar-refractivity contribution in [2.45, 2.75) is 0 Å². The molecule has 0 aliphatic rings. The normalized spacial score (nSPS) is 12.5. The summed E-state index contributed by atoms with van der Waals surface area (Å²) in [4.78, 5) is 28.0. The first kappa shape index (κ1) is 19.4. The topological polar surface area (TPSA) is 51.7 Å². The number of rotatable bonds is 0. The van der Waals surface area contributed by atoms with Crippen LogP contribution in [0.5, 0.6) is 0 Å². The standard InChI is InChI=1S/C32H15NO3S/c34-29-16-8-1-4-13-21(16)33-27-19(29)11-7-12-20(27)30(35)26-28(33)24-17-9-2-5-14-22(17)36-31(24)25-18-10-3-6-15-23(18)37-32(25)26/h1-15H. The summed E-state index contributed by atoms with van der Waals surface area (Å²) >= 11 is 1.62. The lowest BCUT2D eigenvalue weighted by molar-refractivity contribution is 0.673. The van der Waals surface area contributed by atoms with Gasteiger partial charge in [-0.1, -0.05) is 54.6 Å². The van der Waals surface area contributed by atoms with Gasteiger partial charge in [-0.05, 0) is 36.4 Å². The smallest absolute Gasteiger partial charge is 0.198 e. The molecule has 172 valence electrons. The fraction of sp³-hybridized carbons (Fsp3) is 0. The van der Waals surface area contributed by atoms with Crippen LogP contribution in [-0.4, -0.2) is 4.40 Å². The van der Waals surface area contributed by atoms with Gasteiger partial charge in [0.15, 0.2) is 10.9 Å². The van der Waals surface area contributed by atoms with Crippen LogP contribution in [0.1, 0.15) is 0 Å². The van der Waals surface area contributed by atoms with E-state index in [9.17, 15) is 9.59 Å². The Bertz CT molecular complexity index is 2570. The highest BCUT2D eigenvalue weighted by molar-refractivity contribution is 7.27. The molecule has 0 spiro atoms. The molecule has 0 atom stereocenters. The Labute approximate surface area is 211 Å². The van der Waals surface area contributed by atoms with Crippen molar-refractivity contribution in [2.24, 2.45) is 0 Å². The Morgan fingerprint density at radius 1 is 0.568 bits per heavy atom. The highest BCUT2D eigenvalue weighted by Crippen LogP contribution is 2.47. The monoisotopic (exact) mass is 493 g/mol. The number of nitrogens with zero attached hydrogens (tertiary/aromatic N) is 1. The Morgan fingerprint density at radius 3 is 2.11 bits per heavy atom. The number of fused-ring (bicyclic) bond motifs is 13. The van der Waals surface area contributed by atoms with Crippen LogP contribution in [0.4, 0.5) is 0 Å². The average Bonchev–Trinajstić information content (AvgIpc) is 3.51. The minimum atomic E-state index is -0.0591. The lowest BCUT2D eigenvalue weighted by atomic mass is 9.98. The van der Waals surface area contributed by atoms with Crippen molar-refractivity contribution >= 4 is 91.5 Å². The molecule has 5 heteroatoms. The van der Waals surface area contributed by atoms with Crippen molar-refractivity contribution in [3.8, 4) is 0 Å². The molecule has 0 bridgehead atoms. The molecule has 37 heavy (non-hydrogen) atoms. The maximum Gasteiger partial charge on any atom is 0.198 e. The minimum Gasteiger partial charge on any atom is -0.455 e. The Balaban J connectivity index is 1.81. The fourth-order valence-corrected chi connectivity index (χ4v) is 7.46. The van der Waals surface area contributed by atoms with Crippen molar-refractivity contribution < 1.29 is 4.42 Å². The predicted molar refractivity (Wildman–Crippen MR) is 154 cm³/mol. The van der Waals surface area contributed by atoms with Crippen molar-refractivity contribution in [2.75, 3.05) is 0 Å². The van der Waals surface area contributed by atoms with Crippen molar-refractivity contribution in [1.82, 2.24) is 4.40 Å². The molecule has 0 aliphatic carbocycles. The van der Waals surface area contributed by atoms with Crippen LogP contribution in [-0.2, 0) is 0 Å². The van der Waals surface area contributed by atoms with Crippen LogP contribution in [0.3, 0.4) is 0 Å².